The second-order valence-corrected chi connectivity index (χ2v) is 8.24. The molecule has 0 saturated carbocycles. The van der Waals surface area contributed by atoms with Gasteiger partial charge in [-0.05, 0) is 41.5 Å². The Bertz CT molecular complexity index is 971. The lowest BCUT2D eigenvalue weighted by Gasteiger charge is -2.34. The lowest BCUT2D eigenvalue weighted by atomic mass is 9.85. The molecule has 3 aromatic carbocycles. The van der Waals surface area contributed by atoms with Gasteiger partial charge in [-0.3, -0.25) is 0 Å². The maximum atomic E-state index is 9.62. The zero-order chi connectivity index (χ0) is 20.2. The summed E-state index contributed by atoms with van der Waals surface area (Å²) in [6.45, 7) is 0.619. The zero-order valence-corrected chi connectivity index (χ0v) is 17.3. The van der Waals surface area contributed by atoms with Gasteiger partial charge in [-0.15, -0.1) is 11.8 Å². The Morgan fingerprint density at radius 1 is 0.966 bits per heavy atom. The van der Waals surface area contributed by atoms with Gasteiger partial charge >= 0.3 is 0 Å². The molecule has 2 atom stereocenters. The number of methoxy groups -OCH3 is 2. The van der Waals surface area contributed by atoms with E-state index < -0.39 is 0 Å². The van der Waals surface area contributed by atoms with Gasteiger partial charge in [-0.25, -0.2) is 0 Å². The van der Waals surface area contributed by atoms with Crippen LogP contribution in [0.1, 0.15) is 22.6 Å². The maximum Gasteiger partial charge on any atom is 0.126 e. The molecule has 0 amide bonds. The van der Waals surface area contributed by atoms with Crippen molar-refractivity contribution in [3.63, 3.8) is 0 Å². The van der Waals surface area contributed by atoms with E-state index in [0.717, 1.165) is 28.4 Å². The summed E-state index contributed by atoms with van der Waals surface area (Å²) in [4.78, 5) is 1.17. The zero-order valence-electron chi connectivity index (χ0n) is 16.5. The van der Waals surface area contributed by atoms with Crippen molar-refractivity contribution in [2.24, 2.45) is 0 Å². The summed E-state index contributed by atoms with van der Waals surface area (Å²) >= 11 is 1.80. The van der Waals surface area contributed by atoms with E-state index in [4.69, 9.17) is 14.2 Å². The predicted octanol–water partition coefficient (Wildman–Crippen LogP) is 4.88. The molecule has 0 bridgehead atoms. The van der Waals surface area contributed by atoms with Crippen LogP contribution in [-0.4, -0.2) is 31.2 Å². The molecule has 0 spiro atoms. The summed E-state index contributed by atoms with van der Waals surface area (Å²) < 4.78 is 16.8. The van der Waals surface area contributed by atoms with E-state index >= 15 is 0 Å². The van der Waals surface area contributed by atoms with Crippen LogP contribution in [0.4, 0.5) is 0 Å². The molecule has 0 saturated heterocycles. The number of fused-ring (bicyclic) bond motifs is 1. The highest BCUT2D eigenvalue weighted by atomic mass is 32.2. The molecule has 1 heterocycles. The van der Waals surface area contributed by atoms with Gasteiger partial charge in [0.1, 0.15) is 23.9 Å². The van der Waals surface area contributed by atoms with Crippen molar-refractivity contribution in [2.45, 2.75) is 22.7 Å². The number of aliphatic hydroxyl groups is 1. The molecule has 0 aromatic heterocycles. The molecule has 29 heavy (non-hydrogen) atoms. The van der Waals surface area contributed by atoms with E-state index in [0.29, 0.717) is 6.61 Å². The van der Waals surface area contributed by atoms with Crippen LogP contribution in [-0.2, 0) is 6.61 Å². The van der Waals surface area contributed by atoms with Crippen LogP contribution in [0.15, 0.2) is 71.6 Å². The summed E-state index contributed by atoms with van der Waals surface area (Å²) in [7, 11) is 3.33. The normalized spacial score (nSPS) is 17.9. The van der Waals surface area contributed by atoms with Crippen molar-refractivity contribution in [1.82, 2.24) is 0 Å². The molecule has 1 aliphatic rings. The molecule has 0 fully saturated rings. The molecule has 4 rings (SSSR count). The summed E-state index contributed by atoms with van der Waals surface area (Å²) in [5.74, 6) is 2.63. The first kappa shape index (κ1) is 19.7. The predicted molar refractivity (Wildman–Crippen MR) is 115 cm³/mol. The average molecular weight is 409 g/mol. The fourth-order valence-electron chi connectivity index (χ4n) is 3.70. The minimum absolute atomic E-state index is 0.0306. The number of rotatable bonds is 6. The highest BCUT2D eigenvalue weighted by Gasteiger charge is 2.33. The Balaban J connectivity index is 1.72. The molecule has 1 aliphatic heterocycles. The summed E-state index contributed by atoms with van der Waals surface area (Å²) in [5.41, 5.74) is 3.23. The fraction of sp³-hybridized carbons (Fsp3) is 0.250. The number of aliphatic hydroxyl groups excluding tert-OH is 1. The summed E-state index contributed by atoms with van der Waals surface area (Å²) in [6.07, 6.45) is 0. The Labute approximate surface area is 175 Å². The van der Waals surface area contributed by atoms with Gasteiger partial charge in [-0.2, -0.15) is 0 Å². The first-order valence-electron chi connectivity index (χ1n) is 9.53. The Kier molecular flexibility index (Phi) is 5.97. The second-order valence-electron chi connectivity index (χ2n) is 6.93. The van der Waals surface area contributed by atoms with Crippen molar-refractivity contribution < 1.29 is 19.3 Å². The Morgan fingerprint density at radius 3 is 2.45 bits per heavy atom. The maximum absolute atomic E-state index is 9.62. The van der Waals surface area contributed by atoms with Gasteiger partial charge in [0.2, 0.25) is 0 Å². The molecular formula is C24H24O4S. The highest BCUT2D eigenvalue weighted by molar-refractivity contribution is 8.00. The largest absolute Gasteiger partial charge is 0.497 e. The van der Waals surface area contributed by atoms with Gasteiger partial charge in [0.15, 0.2) is 0 Å². The lowest BCUT2D eigenvalue weighted by Crippen LogP contribution is -2.29. The highest BCUT2D eigenvalue weighted by Crippen LogP contribution is 2.46. The van der Waals surface area contributed by atoms with Crippen LogP contribution in [0.5, 0.6) is 17.2 Å². The first-order valence-corrected chi connectivity index (χ1v) is 10.4. The molecule has 150 valence electrons. The number of hydrogen-bond donors (Lipinski definition) is 1. The number of thioether (sulfide) groups is 1. The van der Waals surface area contributed by atoms with Crippen molar-refractivity contribution in [3.05, 3.63) is 83.4 Å². The third kappa shape index (κ3) is 4.21. The van der Waals surface area contributed by atoms with Crippen molar-refractivity contribution in [1.29, 1.82) is 0 Å². The van der Waals surface area contributed by atoms with Gasteiger partial charge in [-0.1, -0.05) is 30.3 Å². The lowest BCUT2D eigenvalue weighted by molar-refractivity contribution is 0.278. The third-order valence-electron chi connectivity index (χ3n) is 5.17. The molecule has 5 heteroatoms. The van der Waals surface area contributed by atoms with Crippen LogP contribution in [0, 0.1) is 0 Å². The summed E-state index contributed by atoms with van der Waals surface area (Å²) in [5, 5.41) is 9.81. The van der Waals surface area contributed by atoms with E-state index in [1.807, 2.05) is 36.4 Å². The molecule has 2 unspecified atom stereocenters. The van der Waals surface area contributed by atoms with Gasteiger partial charge in [0.25, 0.3) is 0 Å². The van der Waals surface area contributed by atoms with E-state index in [1.54, 1.807) is 26.0 Å². The number of hydrogen-bond acceptors (Lipinski definition) is 5. The number of benzene rings is 3. The van der Waals surface area contributed by atoms with E-state index in [1.165, 1.54) is 10.5 Å². The van der Waals surface area contributed by atoms with Crippen molar-refractivity contribution in [2.75, 3.05) is 20.8 Å². The Morgan fingerprint density at radius 2 is 1.72 bits per heavy atom. The van der Waals surface area contributed by atoms with Crippen molar-refractivity contribution >= 4 is 11.8 Å². The SMILES string of the molecule is COc1ccc(SC2COc3cc(OC)ccc3C2c2cccc(CO)c2)cc1. The standard InChI is InChI=1S/C24H24O4S/c1-26-18-6-9-20(10-7-18)29-23-15-28-22-13-19(27-2)8-11-21(22)24(23)17-5-3-4-16(12-17)14-25/h3-13,23-25H,14-15H2,1-2H3. The molecule has 4 nitrogen and oxygen atoms in total. The van der Waals surface area contributed by atoms with Crippen molar-refractivity contribution in [3.8, 4) is 17.2 Å². The van der Waals surface area contributed by atoms with E-state index in [-0.39, 0.29) is 17.8 Å². The monoisotopic (exact) mass is 408 g/mol. The van der Waals surface area contributed by atoms with E-state index in [2.05, 4.69) is 30.3 Å². The van der Waals surface area contributed by atoms with Crippen LogP contribution >= 0.6 is 11.8 Å². The van der Waals surface area contributed by atoms with Crippen LogP contribution in [0.3, 0.4) is 0 Å². The van der Waals surface area contributed by atoms with Gasteiger partial charge in [0.05, 0.1) is 26.1 Å². The average Bonchev–Trinajstić information content (AvgIpc) is 2.79. The molecule has 0 aliphatic carbocycles. The smallest absolute Gasteiger partial charge is 0.126 e. The third-order valence-corrected chi connectivity index (χ3v) is 6.43. The molecule has 3 aromatic rings. The fourth-order valence-corrected chi connectivity index (χ4v) is 4.92. The minimum atomic E-state index is 0.0306. The minimum Gasteiger partial charge on any atom is -0.497 e. The first-order chi connectivity index (χ1) is 14.2. The van der Waals surface area contributed by atoms with Crippen LogP contribution in [0.25, 0.3) is 0 Å². The topological polar surface area (TPSA) is 47.9 Å². The molecular weight excluding hydrogens is 384 g/mol. The van der Waals surface area contributed by atoms with Gasteiger partial charge < -0.3 is 19.3 Å². The second kappa shape index (κ2) is 8.80. The number of ether oxygens (including phenoxy) is 3. The van der Waals surface area contributed by atoms with E-state index in [9.17, 15) is 5.11 Å². The summed E-state index contributed by atoms with van der Waals surface area (Å²) in [6, 6.07) is 22.3. The quantitative estimate of drug-likeness (QED) is 0.630. The van der Waals surface area contributed by atoms with Crippen LogP contribution < -0.4 is 14.2 Å². The van der Waals surface area contributed by atoms with Crippen LogP contribution in [0.2, 0.25) is 0 Å². The Hall–Kier alpha value is -2.63. The van der Waals surface area contributed by atoms with Gasteiger partial charge in [0, 0.05) is 22.4 Å². The molecule has 0 radical (unpaired) electrons. The molecule has 1 N–H and O–H groups in total.